The second-order valence-corrected chi connectivity index (χ2v) is 6.14. The van der Waals surface area contributed by atoms with Crippen LogP contribution in [-0.4, -0.2) is 10.8 Å². The van der Waals surface area contributed by atoms with Gasteiger partial charge in [-0.3, -0.25) is 9.69 Å². The van der Waals surface area contributed by atoms with E-state index < -0.39 is 6.23 Å². The smallest absolute Gasteiger partial charge is 0.253 e. The molecule has 0 radical (unpaired) electrons. The third-order valence-electron chi connectivity index (χ3n) is 3.54. The average Bonchev–Trinajstić information content (AvgIpc) is 2.52. The highest BCUT2D eigenvalue weighted by molar-refractivity contribution is 9.10. The van der Waals surface area contributed by atoms with E-state index in [-0.39, 0.29) is 5.91 Å². The number of ether oxygens (including phenoxy) is 1. The van der Waals surface area contributed by atoms with Crippen molar-refractivity contribution in [1.29, 1.82) is 0 Å². The van der Waals surface area contributed by atoms with Crippen molar-refractivity contribution in [2.45, 2.75) is 19.7 Å². The molecule has 0 spiro atoms. The van der Waals surface area contributed by atoms with Gasteiger partial charge in [-0.1, -0.05) is 58.4 Å². The maximum absolute atomic E-state index is 12.4. The number of nitrogens with zero attached hydrogens (tertiary/aromatic N) is 1. The lowest BCUT2D eigenvalue weighted by Crippen LogP contribution is -2.37. The van der Waals surface area contributed by atoms with Gasteiger partial charge in [0.15, 0.2) is 0 Å². The predicted molar refractivity (Wildman–Crippen MR) is 88.7 cm³/mol. The van der Waals surface area contributed by atoms with Crippen molar-refractivity contribution in [3.8, 4) is 0 Å². The highest BCUT2D eigenvalue weighted by Crippen LogP contribution is 2.31. The molecule has 0 aromatic heterocycles. The Labute approximate surface area is 138 Å². The van der Waals surface area contributed by atoms with E-state index in [0.717, 1.165) is 15.6 Å². The Bertz CT molecular complexity index is 695. The molecule has 2 aromatic rings. The lowest BCUT2D eigenvalue weighted by Gasteiger charge is -2.35. The molecular formula is C18H16BrNO2. The summed E-state index contributed by atoms with van der Waals surface area (Å²) >= 11 is 3.43. The van der Waals surface area contributed by atoms with Crippen LogP contribution in [0.2, 0.25) is 0 Å². The maximum atomic E-state index is 12.4. The number of carbonyl (C=O) groups is 1. The summed E-state index contributed by atoms with van der Waals surface area (Å²) in [7, 11) is 0. The van der Waals surface area contributed by atoms with Gasteiger partial charge < -0.3 is 4.74 Å². The number of hydrogen-bond acceptors (Lipinski definition) is 2. The Kier molecular flexibility index (Phi) is 4.29. The lowest BCUT2D eigenvalue weighted by atomic mass is 10.1. The van der Waals surface area contributed by atoms with Crippen molar-refractivity contribution < 1.29 is 9.53 Å². The van der Waals surface area contributed by atoms with Crippen molar-refractivity contribution in [3.05, 3.63) is 82.0 Å². The normalized spacial score (nSPS) is 17.9. The number of allylic oxidation sites excluding steroid dienone is 1. The Balaban J connectivity index is 1.92. The monoisotopic (exact) mass is 357 g/mol. The molecule has 0 fully saturated rings. The summed E-state index contributed by atoms with van der Waals surface area (Å²) < 4.78 is 6.92. The second kappa shape index (κ2) is 6.36. The number of halogens is 1. The summed E-state index contributed by atoms with van der Waals surface area (Å²) in [6.45, 7) is 2.33. The maximum Gasteiger partial charge on any atom is 0.253 e. The first-order valence-electron chi connectivity index (χ1n) is 7.08. The zero-order valence-electron chi connectivity index (χ0n) is 12.2. The SMILES string of the molecule is CC1=CC(=O)N(Cc2ccccc2)C(c2ccc(Br)cc2)O1. The van der Waals surface area contributed by atoms with Crippen molar-refractivity contribution in [2.24, 2.45) is 0 Å². The fraction of sp³-hybridized carbons (Fsp3) is 0.167. The summed E-state index contributed by atoms with van der Waals surface area (Å²) in [5, 5.41) is 0. The quantitative estimate of drug-likeness (QED) is 0.813. The minimum absolute atomic E-state index is 0.0273. The molecular weight excluding hydrogens is 342 g/mol. The molecule has 4 heteroatoms. The fourth-order valence-electron chi connectivity index (χ4n) is 2.46. The van der Waals surface area contributed by atoms with E-state index in [1.54, 1.807) is 4.90 Å². The molecule has 112 valence electrons. The van der Waals surface area contributed by atoms with Crippen LogP contribution >= 0.6 is 15.9 Å². The molecule has 2 aromatic carbocycles. The molecule has 1 amide bonds. The fourth-order valence-corrected chi connectivity index (χ4v) is 2.73. The van der Waals surface area contributed by atoms with Crippen LogP contribution in [0.4, 0.5) is 0 Å². The first-order chi connectivity index (χ1) is 10.6. The first-order valence-corrected chi connectivity index (χ1v) is 7.88. The highest BCUT2D eigenvalue weighted by Gasteiger charge is 2.29. The molecule has 22 heavy (non-hydrogen) atoms. The summed E-state index contributed by atoms with van der Waals surface area (Å²) in [5.74, 6) is 0.614. The molecule has 0 aliphatic carbocycles. The van der Waals surface area contributed by atoms with Gasteiger partial charge in [0, 0.05) is 22.7 Å². The molecule has 3 rings (SSSR count). The van der Waals surface area contributed by atoms with E-state index in [4.69, 9.17) is 4.74 Å². The Morgan fingerprint density at radius 1 is 1.09 bits per heavy atom. The van der Waals surface area contributed by atoms with Gasteiger partial charge in [-0.2, -0.15) is 0 Å². The Hall–Kier alpha value is -2.07. The van der Waals surface area contributed by atoms with Gasteiger partial charge in [0.05, 0.1) is 0 Å². The van der Waals surface area contributed by atoms with E-state index in [1.807, 2.05) is 61.5 Å². The van der Waals surface area contributed by atoms with E-state index in [0.29, 0.717) is 12.3 Å². The topological polar surface area (TPSA) is 29.5 Å². The molecule has 0 saturated heterocycles. The molecule has 1 unspecified atom stereocenters. The van der Waals surface area contributed by atoms with Crippen LogP contribution in [0.5, 0.6) is 0 Å². The largest absolute Gasteiger partial charge is 0.471 e. The molecule has 0 saturated carbocycles. The van der Waals surface area contributed by atoms with Gasteiger partial charge in [0.2, 0.25) is 6.23 Å². The van der Waals surface area contributed by atoms with E-state index in [1.165, 1.54) is 6.08 Å². The Morgan fingerprint density at radius 3 is 2.45 bits per heavy atom. The van der Waals surface area contributed by atoms with Crippen molar-refractivity contribution in [1.82, 2.24) is 4.90 Å². The molecule has 1 atom stereocenters. The molecule has 0 bridgehead atoms. The van der Waals surface area contributed by atoms with Crippen LogP contribution in [-0.2, 0) is 16.1 Å². The number of amides is 1. The van der Waals surface area contributed by atoms with Gasteiger partial charge in [0.1, 0.15) is 5.76 Å². The third-order valence-corrected chi connectivity index (χ3v) is 4.07. The third kappa shape index (κ3) is 3.22. The average molecular weight is 358 g/mol. The van der Waals surface area contributed by atoms with Gasteiger partial charge in [-0.05, 0) is 24.6 Å². The van der Waals surface area contributed by atoms with Crippen LogP contribution in [0.15, 0.2) is 70.9 Å². The van der Waals surface area contributed by atoms with Crippen molar-refractivity contribution >= 4 is 21.8 Å². The minimum atomic E-state index is -0.397. The van der Waals surface area contributed by atoms with Crippen molar-refractivity contribution in [3.63, 3.8) is 0 Å². The summed E-state index contributed by atoms with van der Waals surface area (Å²) in [6, 6.07) is 17.8. The second-order valence-electron chi connectivity index (χ2n) is 5.23. The van der Waals surface area contributed by atoms with Crippen molar-refractivity contribution in [2.75, 3.05) is 0 Å². The van der Waals surface area contributed by atoms with E-state index in [9.17, 15) is 4.79 Å². The van der Waals surface area contributed by atoms with Crippen LogP contribution in [0.3, 0.4) is 0 Å². The summed E-state index contributed by atoms with van der Waals surface area (Å²) in [4.78, 5) is 14.2. The highest BCUT2D eigenvalue weighted by atomic mass is 79.9. The number of benzene rings is 2. The van der Waals surface area contributed by atoms with Gasteiger partial charge in [-0.25, -0.2) is 0 Å². The molecule has 0 N–H and O–H groups in total. The van der Waals surface area contributed by atoms with Crippen LogP contribution in [0, 0.1) is 0 Å². The van der Waals surface area contributed by atoms with Crippen LogP contribution in [0.1, 0.15) is 24.3 Å². The van der Waals surface area contributed by atoms with Crippen LogP contribution in [0.25, 0.3) is 0 Å². The predicted octanol–water partition coefficient (Wildman–Crippen LogP) is 4.41. The standard InChI is InChI=1S/C18H16BrNO2/c1-13-11-17(21)20(12-14-5-3-2-4-6-14)18(22-13)15-7-9-16(19)10-8-15/h2-11,18H,12H2,1H3. The molecule has 1 aliphatic heterocycles. The number of rotatable bonds is 3. The van der Waals surface area contributed by atoms with Crippen LogP contribution < -0.4 is 0 Å². The molecule has 1 heterocycles. The van der Waals surface area contributed by atoms with Gasteiger partial charge >= 0.3 is 0 Å². The minimum Gasteiger partial charge on any atom is -0.471 e. The van der Waals surface area contributed by atoms with E-state index >= 15 is 0 Å². The Morgan fingerprint density at radius 2 is 1.77 bits per heavy atom. The lowest BCUT2D eigenvalue weighted by molar-refractivity contribution is -0.143. The zero-order valence-corrected chi connectivity index (χ0v) is 13.8. The zero-order chi connectivity index (χ0) is 15.5. The first kappa shape index (κ1) is 14.9. The molecule has 3 nitrogen and oxygen atoms in total. The molecule has 1 aliphatic rings. The number of carbonyl (C=O) groups excluding carboxylic acids is 1. The van der Waals surface area contributed by atoms with E-state index in [2.05, 4.69) is 15.9 Å². The summed E-state index contributed by atoms with van der Waals surface area (Å²) in [6.07, 6.45) is 1.14. The van der Waals surface area contributed by atoms with Gasteiger partial charge in [-0.15, -0.1) is 0 Å². The summed E-state index contributed by atoms with van der Waals surface area (Å²) in [5.41, 5.74) is 2.04. The number of hydrogen-bond donors (Lipinski definition) is 0. The van der Waals surface area contributed by atoms with Gasteiger partial charge in [0.25, 0.3) is 5.91 Å².